The first-order chi connectivity index (χ1) is 18.5. The van der Waals surface area contributed by atoms with Crippen molar-refractivity contribution in [2.75, 3.05) is 0 Å². The zero-order valence-electron chi connectivity index (χ0n) is 27.3. The van der Waals surface area contributed by atoms with Crippen LogP contribution in [0.1, 0.15) is 170 Å². The Labute approximate surface area is 244 Å². The van der Waals surface area contributed by atoms with E-state index in [4.69, 9.17) is 0 Å². The van der Waals surface area contributed by atoms with Crippen molar-refractivity contribution in [1.82, 2.24) is 0 Å². The van der Waals surface area contributed by atoms with Crippen LogP contribution in [0.25, 0.3) is 0 Å². The lowest BCUT2D eigenvalue weighted by Gasteiger charge is -2.37. The van der Waals surface area contributed by atoms with Crippen LogP contribution in [0.15, 0.2) is 0 Å². The highest BCUT2D eigenvalue weighted by atomic mass is 16.3. The van der Waals surface area contributed by atoms with Crippen molar-refractivity contribution in [1.29, 1.82) is 0 Å². The van der Waals surface area contributed by atoms with E-state index < -0.39 is 0 Å². The Kier molecular flexibility index (Phi) is 14.2. The Morgan fingerprint density at radius 1 is 0.615 bits per heavy atom. The molecule has 0 saturated heterocycles. The fourth-order valence-corrected chi connectivity index (χ4v) is 9.09. The van der Waals surface area contributed by atoms with Crippen LogP contribution in [-0.4, -0.2) is 22.4 Å². The molecule has 0 amide bonds. The molecule has 2 nitrogen and oxygen atoms in total. The average Bonchev–Trinajstić information content (AvgIpc) is 2.91. The van der Waals surface area contributed by atoms with E-state index in [-0.39, 0.29) is 17.6 Å². The number of aliphatic hydroxyl groups excluding tert-OH is 2. The maximum Gasteiger partial charge on any atom is 0.0568 e. The second-order valence-corrected chi connectivity index (χ2v) is 16.5. The molecule has 0 aromatic rings. The Hall–Kier alpha value is -0.0800. The van der Waals surface area contributed by atoms with E-state index in [1.807, 2.05) is 0 Å². The maximum atomic E-state index is 11.1. The van der Waals surface area contributed by atoms with E-state index >= 15 is 0 Å². The fourth-order valence-electron chi connectivity index (χ4n) is 9.09. The number of rotatable bonds is 15. The van der Waals surface area contributed by atoms with Gasteiger partial charge in [0.05, 0.1) is 12.2 Å². The third-order valence-corrected chi connectivity index (χ3v) is 11.9. The zero-order chi connectivity index (χ0) is 28.4. The highest BCUT2D eigenvalue weighted by molar-refractivity contribution is 4.83. The van der Waals surface area contributed by atoms with Crippen LogP contribution in [-0.2, 0) is 0 Å². The summed E-state index contributed by atoms with van der Waals surface area (Å²) in [6.45, 7) is 14.3. The van der Waals surface area contributed by atoms with Gasteiger partial charge in [-0.15, -0.1) is 0 Å². The van der Waals surface area contributed by atoms with Crippen molar-refractivity contribution in [2.45, 2.75) is 182 Å². The molecule has 3 aliphatic carbocycles. The van der Waals surface area contributed by atoms with E-state index in [1.165, 1.54) is 103 Å². The molecule has 0 radical (unpaired) electrons. The molecular formula is C37H70O2. The molecule has 0 aromatic heterocycles. The van der Waals surface area contributed by atoms with Crippen LogP contribution >= 0.6 is 0 Å². The third-order valence-electron chi connectivity index (χ3n) is 11.9. The van der Waals surface area contributed by atoms with Gasteiger partial charge >= 0.3 is 0 Å². The van der Waals surface area contributed by atoms with Crippen LogP contribution in [0.2, 0.25) is 0 Å². The summed E-state index contributed by atoms with van der Waals surface area (Å²) < 4.78 is 0. The number of hydrogen-bond acceptors (Lipinski definition) is 2. The van der Waals surface area contributed by atoms with Gasteiger partial charge in [0, 0.05) is 0 Å². The summed E-state index contributed by atoms with van der Waals surface area (Å²) in [5, 5.41) is 22.1. The zero-order valence-corrected chi connectivity index (χ0v) is 27.3. The normalized spacial score (nSPS) is 30.7. The Bertz CT molecular complexity index is 642. The minimum Gasteiger partial charge on any atom is -0.393 e. The van der Waals surface area contributed by atoms with Crippen LogP contribution < -0.4 is 0 Å². The molecule has 39 heavy (non-hydrogen) atoms. The highest BCUT2D eigenvalue weighted by Gasteiger charge is 2.32. The van der Waals surface area contributed by atoms with Crippen molar-refractivity contribution in [3.05, 3.63) is 0 Å². The van der Waals surface area contributed by atoms with E-state index in [2.05, 4.69) is 41.5 Å². The summed E-state index contributed by atoms with van der Waals surface area (Å²) in [6.07, 6.45) is 25.8. The number of hydrogen-bond donors (Lipinski definition) is 2. The summed E-state index contributed by atoms with van der Waals surface area (Å²) in [5.74, 6) is 6.25. The molecule has 3 fully saturated rings. The van der Waals surface area contributed by atoms with Gasteiger partial charge in [-0.1, -0.05) is 106 Å². The Morgan fingerprint density at radius 3 is 1.90 bits per heavy atom. The summed E-state index contributed by atoms with van der Waals surface area (Å²) in [6, 6.07) is 0. The molecule has 6 unspecified atom stereocenters. The largest absolute Gasteiger partial charge is 0.393 e. The molecule has 0 aromatic carbocycles. The van der Waals surface area contributed by atoms with Crippen LogP contribution in [0.5, 0.6) is 0 Å². The Morgan fingerprint density at radius 2 is 1.23 bits per heavy atom. The van der Waals surface area contributed by atoms with E-state index in [0.29, 0.717) is 11.8 Å². The molecule has 6 atom stereocenters. The van der Waals surface area contributed by atoms with Crippen LogP contribution in [0.4, 0.5) is 0 Å². The van der Waals surface area contributed by atoms with Gasteiger partial charge in [-0.25, -0.2) is 0 Å². The lowest BCUT2D eigenvalue weighted by atomic mass is 9.69. The summed E-state index contributed by atoms with van der Waals surface area (Å²) in [5.41, 5.74) is 0.195. The molecule has 0 heterocycles. The summed E-state index contributed by atoms with van der Waals surface area (Å²) in [4.78, 5) is 0. The van der Waals surface area contributed by atoms with Gasteiger partial charge in [0.25, 0.3) is 0 Å². The first kappa shape index (κ1) is 33.4. The second-order valence-electron chi connectivity index (χ2n) is 16.5. The summed E-state index contributed by atoms with van der Waals surface area (Å²) in [7, 11) is 0. The van der Waals surface area contributed by atoms with Gasteiger partial charge in [-0.05, 0) is 117 Å². The first-order valence-electron chi connectivity index (χ1n) is 17.9. The van der Waals surface area contributed by atoms with Gasteiger partial charge in [0.15, 0.2) is 0 Å². The van der Waals surface area contributed by atoms with E-state index in [0.717, 1.165) is 61.2 Å². The quantitative estimate of drug-likeness (QED) is 0.214. The minimum absolute atomic E-state index is 0.132. The topological polar surface area (TPSA) is 40.5 Å². The predicted molar refractivity (Wildman–Crippen MR) is 169 cm³/mol. The molecule has 2 heteroatoms. The van der Waals surface area contributed by atoms with E-state index in [9.17, 15) is 10.2 Å². The van der Waals surface area contributed by atoms with Gasteiger partial charge in [0.2, 0.25) is 0 Å². The smallest absolute Gasteiger partial charge is 0.0568 e. The predicted octanol–water partition coefficient (Wildman–Crippen LogP) is 10.6. The van der Waals surface area contributed by atoms with E-state index in [1.54, 1.807) is 0 Å². The van der Waals surface area contributed by atoms with Crippen LogP contribution in [0, 0.1) is 52.8 Å². The first-order valence-corrected chi connectivity index (χ1v) is 17.9. The average molecular weight is 547 g/mol. The molecule has 0 aliphatic heterocycles. The van der Waals surface area contributed by atoms with Crippen molar-refractivity contribution in [3.63, 3.8) is 0 Å². The molecule has 3 saturated carbocycles. The monoisotopic (exact) mass is 547 g/mol. The Balaban J connectivity index is 1.33. The standard InChI is InChI=1S/C37H70O2/c1-27(2)23-31-15-17-33(18-16-31)36(39)20-22-37(5,6)21-19-35(38)29(4)25-32-13-10-14-34(26-32)28(3)24-30-11-8-7-9-12-30/h27-36,38-39H,7-26H2,1-6H3. The maximum absolute atomic E-state index is 11.1. The fraction of sp³-hybridized carbons (Fsp3) is 1.00. The molecule has 230 valence electrons. The van der Waals surface area contributed by atoms with Gasteiger partial charge in [-0.2, -0.15) is 0 Å². The highest BCUT2D eigenvalue weighted by Crippen LogP contribution is 2.42. The van der Waals surface area contributed by atoms with Crippen molar-refractivity contribution in [2.24, 2.45) is 52.8 Å². The molecule has 0 bridgehead atoms. The van der Waals surface area contributed by atoms with Crippen LogP contribution in [0.3, 0.4) is 0 Å². The summed E-state index contributed by atoms with van der Waals surface area (Å²) >= 11 is 0. The minimum atomic E-state index is -0.175. The van der Waals surface area contributed by atoms with Crippen molar-refractivity contribution >= 4 is 0 Å². The van der Waals surface area contributed by atoms with Crippen molar-refractivity contribution in [3.8, 4) is 0 Å². The SMILES string of the molecule is CC(C)CC1CCC(C(O)CCC(C)(C)CCC(O)C(C)CC2CCCC(C(C)CC3CCCCC3)C2)CC1. The molecule has 2 N–H and O–H groups in total. The van der Waals surface area contributed by atoms with Gasteiger partial charge in [-0.3, -0.25) is 0 Å². The molecule has 3 rings (SSSR count). The molecule has 3 aliphatic rings. The molecular weight excluding hydrogens is 476 g/mol. The van der Waals surface area contributed by atoms with Crippen molar-refractivity contribution < 1.29 is 10.2 Å². The van der Waals surface area contributed by atoms with Gasteiger partial charge < -0.3 is 10.2 Å². The third kappa shape index (κ3) is 12.0. The number of aliphatic hydroxyl groups is 2. The molecule has 0 spiro atoms. The lowest BCUT2D eigenvalue weighted by molar-refractivity contribution is 0.0455. The lowest BCUT2D eigenvalue weighted by Crippen LogP contribution is -2.29. The van der Waals surface area contributed by atoms with Gasteiger partial charge in [0.1, 0.15) is 0 Å². The second kappa shape index (κ2) is 16.5.